The first-order chi connectivity index (χ1) is 15.0. The van der Waals surface area contributed by atoms with E-state index >= 15 is 4.39 Å². The number of pyridine rings is 1. The lowest BCUT2D eigenvalue weighted by Gasteiger charge is -2.20. The first-order valence-electron chi connectivity index (χ1n) is 10.4. The largest absolute Gasteiger partial charge is 0.457 e. The summed E-state index contributed by atoms with van der Waals surface area (Å²) in [6.07, 6.45) is 1.83. The Morgan fingerprint density at radius 1 is 1.13 bits per heavy atom. The molecule has 2 aromatic carbocycles. The van der Waals surface area contributed by atoms with Gasteiger partial charge in [-0.15, -0.1) is 0 Å². The summed E-state index contributed by atoms with van der Waals surface area (Å²) in [4.78, 5) is 18.6. The quantitative estimate of drug-likeness (QED) is 0.616. The summed E-state index contributed by atoms with van der Waals surface area (Å²) in [7, 11) is 0. The highest BCUT2D eigenvalue weighted by Gasteiger charge is 2.44. The van der Waals surface area contributed by atoms with Gasteiger partial charge in [0.1, 0.15) is 11.5 Å². The number of likely N-dealkylation sites (tertiary alicyclic amines) is 1. The monoisotopic (exact) mass is 419 g/mol. The number of benzene rings is 2. The standard InChI is InChI=1S/C25H26FN3O2/c1-19-6-4-9-22(14-19)31-23-10-5-7-20(15-23)17-29-13-11-25(26,18-29)24(30)28-16-21-8-2-3-12-27-21/h2-10,12,14-15H,11,13,16-18H2,1H3,(H,28,30). The molecular weight excluding hydrogens is 393 g/mol. The predicted molar refractivity (Wildman–Crippen MR) is 118 cm³/mol. The highest BCUT2D eigenvalue weighted by Crippen LogP contribution is 2.29. The molecule has 2 heterocycles. The lowest BCUT2D eigenvalue weighted by Crippen LogP contribution is -2.45. The van der Waals surface area contributed by atoms with Crippen LogP contribution in [0.3, 0.4) is 0 Å². The average Bonchev–Trinajstić information content (AvgIpc) is 3.15. The third-order valence-electron chi connectivity index (χ3n) is 5.39. The molecular formula is C25H26FN3O2. The molecule has 1 aromatic heterocycles. The Kier molecular flexibility index (Phi) is 6.28. The maximum absolute atomic E-state index is 15.3. The van der Waals surface area contributed by atoms with Gasteiger partial charge in [0.15, 0.2) is 0 Å². The van der Waals surface area contributed by atoms with E-state index in [1.165, 1.54) is 0 Å². The van der Waals surface area contributed by atoms with E-state index in [0.29, 0.717) is 18.8 Å². The highest BCUT2D eigenvalue weighted by molar-refractivity contribution is 5.85. The van der Waals surface area contributed by atoms with Gasteiger partial charge < -0.3 is 10.1 Å². The van der Waals surface area contributed by atoms with Gasteiger partial charge in [-0.2, -0.15) is 0 Å². The molecule has 6 heteroatoms. The third kappa shape index (κ3) is 5.47. The van der Waals surface area contributed by atoms with Crippen molar-refractivity contribution in [2.75, 3.05) is 13.1 Å². The number of nitrogens with zero attached hydrogens (tertiary/aromatic N) is 2. The van der Waals surface area contributed by atoms with Crippen LogP contribution in [-0.4, -0.2) is 34.5 Å². The van der Waals surface area contributed by atoms with Crippen LogP contribution >= 0.6 is 0 Å². The normalized spacial score (nSPS) is 18.6. The number of hydrogen-bond donors (Lipinski definition) is 1. The number of aryl methyl sites for hydroxylation is 1. The van der Waals surface area contributed by atoms with E-state index in [4.69, 9.17) is 4.74 Å². The van der Waals surface area contributed by atoms with E-state index < -0.39 is 11.6 Å². The zero-order valence-electron chi connectivity index (χ0n) is 17.6. The fourth-order valence-corrected chi connectivity index (χ4v) is 3.78. The first kappa shape index (κ1) is 21.0. The van der Waals surface area contributed by atoms with E-state index in [9.17, 15) is 4.79 Å². The van der Waals surface area contributed by atoms with Crippen LogP contribution in [0.5, 0.6) is 11.5 Å². The maximum Gasteiger partial charge on any atom is 0.259 e. The van der Waals surface area contributed by atoms with Gasteiger partial charge in [0.05, 0.1) is 12.2 Å². The van der Waals surface area contributed by atoms with Crippen molar-refractivity contribution in [3.05, 3.63) is 89.7 Å². The van der Waals surface area contributed by atoms with Gasteiger partial charge in [0.2, 0.25) is 5.67 Å². The van der Waals surface area contributed by atoms with Crippen LogP contribution in [0.25, 0.3) is 0 Å². The van der Waals surface area contributed by atoms with Crippen molar-refractivity contribution >= 4 is 5.91 Å². The number of hydrogen-bond acceptors (Lipinski definition) is 4. The van der Waals surface area contributed by atoms with Gasteiger partial charge in [-0.3, -0.25) is 14.7 Å². The lowest BCUT2D eigenvalue weighted by atomic mass is 10.0. The van der Waals surface area contributed by atoms with Crippen molar-refractivity contribution in [3.8, 4) is 11.5 Å². The molecule has 0 spiro atoms. The Morgan fingerprint density at radius 3 is 2.71 bits per heavy atom. The molecule has 160 valence electrons. The number of nitrogens with one attached hydrogen (secondary N) is 1. The number of carbonyl (C=O) groups is 1. The molecule has 1 amide bonds. The molecule has 1 aliphatic rings. The van der Waals surface area contributed by atoms with Crippen LogP contribution in [0.2, 0.25) is 0 Å². The zero-order chi connectivity index (χ0) is 21.7. The SMILES string of the molecule is Cc1cccc(Oc2cccc(CN3CCC(F)(C(=O)NCc4ccccn4)C3)c2)c1. The van der Waals surface area contributed by atoms with Gasteiger partial charge in [-0.1, -0.05) is 30.3 Å². The minimum Gasteiger partial charge on any atom is -0.457 e. The molecule has 1 aliphatic heterocycles. The summed E-state index contributed by atoms with van der Waals surface area (Å²) in [5, 5.41) is 2.68. The minimum absolute atomic E-state index is 0.0734. The molecule has 1 N–H and O–H groups in total. The van der Waals surface area contributed by atoms with Crippen LogP contribution in [0, 0.1) is 6.92 Å². The number of aromatic nitrogens is 1. The number of carbonyl (C=O) groups excluding carboxylic acids is 1. The Morgan fingerprint density at radius 2 is 1.94 bits per heavy atom. The van der Waals surface area contributed by atoms with Crippen LogP contribution in [0.1, 0.15) is 23.2 Å². The van der Waals surface area contributed by atoms with Crippen molar-refractivity contribution in [2.24, 2.45) is 0 Å². The number of ether oxygens (including phenoxy) is 1. The summed E-state index contributed by atoms with van der Waals surface area (Å²) >= 11 is 0. The minimum atomic E-state index is -1.88. The van der Waals surface area contributed by atoms with Crippen LogP contribution in [0.15, 0.2) is 72.9 Å². The molecule has 0 bridgehead atoms. The van der Waals surface area contributed by atoms with E-state index in [-0.39, 0.29) is 19.5 Å². The summed E-state index contributed by atoms with van der Waals surface area (Å²) < 4.78 is 21.2. The second-order valence-electron chi connectivity index (χ2n) is 8.00. The molecule has 1 atom stereocenters. The lowest BCUT2D eigenvalue weighted by molar-refractivity contribution is -0.132. The molecule has 4 rings (SSSR count). The Hall–Kier alpha value is -3.25. The summed E-state index contributed by atoms with van der Waals surface area (Å²) in [5.41, 5.74) is 0.971. The molecule has 0 aliphatic carbocycles. The second-order valence-corrected chi connectivity index (χ2v) is 8.00. The molecule has 0 saturated carbocycles. The fourth-order valence-electron chi connectivity index (χ4n) is 3.78. The Bertz CT molecular complexity index is 1040. The Balaban J connectivity index is 1.33. The van der Waals surface area contributed by atoms with E-state index in [0.717, 1.165) is 22.6 Å². The number of halogens is 1. The van der Waals surface area contributed by atoms with Gasteiger partial charge >= 0.3 is 0 Å². The number of rotatable bonds is 7. The van der Waals surface area contributed by atoms with Crippen molar-refractivity contribution < 1.29 is 13.9 Å². The smallest absolute Gasteiger partial charge is 0.259 e. The van der Waals surface area contributed by atoms with E-state index in [1.807, 2.05) is 66.4 Å². The molecule has 1 unspecified atom stereocenters. The fraction of sp³-hybridized carbons (Fsp3) is 0.280. The predicted octanol–water partition coefficient (Wildman–Crippen LogP) is 4.41. The Labute approximate surface area is 181 Å². The molecule has 1 saturated heterocycles. The van der Waals surface area contributed by atoms with Gasteiger partial charge in [0, 0.05) is 32.3 Å². The first-order valence-corrected chi connectivity index (χ1v) is 10.4. The summed E-state index contributed by atoms with van der Waals surface area (Å²) in [6.45, 7) is 3.40. The number of amides is 1. The molecule has 31 heavy (non-hydrogen) atoms. The van der Waals surface area contributed by atoms with Gasteiger partial charge in [-0.25, -0.2) is 4.39 Å². The zero-order valence-corrected chi connectivity index (χ0v) is 17.6. The van der Waals surface area contributed by atoms with Crippen LogP contribution < -0.4 is 10.1 Å². The topological polar surface area (TPSA) is 54.5 Å². The van der Waals surface area contributed by atoms with Crippen molar-refractivity contribution in [1.82, 2.24) is 15.2 Å². The van der Waals surface area contributed by atoms with Crippen molar-refractivity contribution in [3.63, 3.8) is 0 Å². The van der Waals surface area contributed by atoms with Crippen LogP contribution in [0.4, 0.5) is 4.39 Å². The second kappa shape index (κ2) is 9.27. The average molecular weight is 420 g/mol. The van der Waals surface area contributed by atoms with Crippen LogP contribution in [-0.2, 0) is 17.9 Å². The van der Waals surface area contributed by atoms with Gasteiger partial charge in [0.25, 0.3) is 5.91 Å². The summed E-state index contributed by atoms with van der Waals surface area (Å²) in [6, 6.07) is 21.1. The molecule has 3 aromatic rings. The van der Waals surface area contributed by atoms with E-state index in [2.05, 4.69) is 10.3 Å². The molecule has 0 radical (unpaired) electrons. The number of alkyl halides is 1. The molecule has 1 fully saturated rings. The van der Waals surface area contributed by atoms with Crippen molar-refractivity contribution in [1.29, 1.82) is 0 Å². The van der Waals surface area contributed by atoms with E-state index in [1.54, 1.807) is 18.3 Å². The molecule has 5 nitrogen and oxygen atoms in total. The van der Waals surface area contributed by atoms with Gasteiger partial charge in [-0.05, 0) is 54.4 Å². The highest BCUT2D eigenvalue weighted by atomic mass is 19.1. The van der Waals surface area contributed by atoms with Crippen molar-refractivity contribution in [2.45, 2.75) is 32.1 Å². The third-order valence-corrected chi connectivity index (χ3v) is 5.39. The maximum atomic E-state index is 15.3. The summed E-state index contributed by atoms with van der Waals surface area (Å²) in [5.74, 6) is 0.949.